The van der Waals surface area contributed by atoms with Gasteiger partial charge in [0.2, 0.25) is 0 Å². The summed E-state index contributed by atoms with van der Waals surface area (Å²) in [5, 5.41) is 0. The molecule has 0 aliphatic carbocycles. The van der Waals surface area contributed by atoms with Crippen molar-refractivity contribution >= 4 is 17.7 Å². The van der Waals surface area contributed by atoms with Crippen LogP contribution in [0.25, 0.3) is 0 Å². The van der Waals surface area contributed by atoms with Crippen LogP contribution in [0.2, 0.25) is 0 Å². The molecule has 0 amide bonds. The average Bonchev–Trinajstić information content (AvgIpc) is 1.83. The molecule has 0 aromatic carbocycles. The Kier molecular flexibility index (Phi) is 4.76. The lowest BCUT2D eigenvalue weighted by atomic mass is 10.4. The predicted molar refractivity (Wildman–Crippen MR) is 41.4 cm³/mol. The van der Waals surface area contributed by atoms with Gasteiger partial charge in [-0.05, 0) is 24.9 Å². The van der Waals surface area contributed by atoms with Crippen LogP contribution < -0.4 is 0 Å². The van der Waals surface area contributed by atoms with Crippen LogP contribution >= 0.6 is 11.9 Å². The van der Waals surface area contributed by atoms with E-state index in [0.29, 0.717) is 0 Å². The van der Waals surface area contributed by atoms with Crippen LogP contribution in [0.3, 0.4) is 0 Å². The van der Waals surface area contributed by atoms with E-state index in [9.17, 15) is 0 Å². The molecule has 0 spiro atoms. The number of rotatable bonds is 3. The Morgan fingerprint density at radius 3 is 2.88 bits per heavy atom. The van der Waals surface area contributed by atoms with E-state index in [1.165, 1.54) is 0 Å². The summed E-state index contributed by atoms with van der Waals surface area (Å²) < 4.78 is 4.08. The highest BCUT2D eigenvalue weighted by Gasteiger charge is 1.77. The SMILES string of the molecule is C=C/C(C)=N\SCC. The average molecular weight is 129 g/mol. The highest BCUT2D eigenvalue weighted by Crippen LogP contribution is 2.00. The third-order valence-corrected chi connectivity index (χ3v) is 1.31. The van der Waals surface area contributed by atoms with Crippen LogP contribution in [-0.4, -0.2) is 11.5 Å². The fourth-order valence-electron chi connectivity index (χ4n) is 0.204. The minimum atomic E-state index is 0.997. The summed E-state index contributed by atoms with van der Waals surface area (Å²) in [6.07, 6.45) is 1.75. The second-order valence-electron chi connectivity index (χ2n) is 1.35. The molecule has 0 aliphatic rings. The molecule has 0 heterocycles. The Bertz CT molecular complexity index is 96.7. The van der Waals surface area contributed by atoms with E-state index in [-0.39, 0.29) is 0 Å². The summed E-state index contributed by atoms with van der Waals surface area (Å²) in [5.41, 5.74) is 0.997. The molecule has 0 fully saturated rings. The van der Waals surface area contributed by atoms with Crippen molar-refractivity contribution in [3.05, 3.63) is 12.7 Å². The largest absolute Gasteiger partial charge is 0.222 e. The molecular weight excluding hydrogens is 118 g/mol. The predicted octanol–water partition coefficient (Wildman–Crippen LogP) is 2.30. The van der Waals surface area contributed by atoms with E-state index >= 15 is 0 Å². The van der Waals surface area contributed by atoms with Crippen molar-refractivity contribution in [3.63, 3.8) is 0 Å². The van der Waals surface area contributed by atoms with Gasteiger partial charge in [-0.3, -0.25) is 0 Å². The lowest BCUT2D eigenvalue weighted by Crippen LogP contribution is -1.78. The van der Waals surface area contributed by atoms with Crippen molar-refractivity contribution in [1.29, 1.82) is 0 Å². The molecular formula is C6H11NS. The highest BCUT2D eigenvalue weighted by atomic mass is 32.2. The first kappa shape index (κ1) is 7.76. The highest BCUT2D eigenvalue weighted by molar-refractivity contribution is 7.98. The van der Waals surface area contributed by atoms with E-state index in [1.807, 2.05) is 6.92 Å². The van der Waals surface area contributed by atoms with Gasteiger partial charge in [-0.1, -0.05) is 13.5 Å². The fraction of sp³-hybridized carbons (Fsp3) is 0.500. The number of allylic oxidation sites excluding steroid dienone is 1. The minimum Gasteiger partial charge on any atom is -0.222 e. The van der Waals surface area contributed by atoms with Crippen molar-refractivity contribution in [2.75, 3.05) is 5.75 Å². The zero-order valence-corrected chi connectivity index (χ0v) is 6.16. The Balaban J connectivity index is 3.40. The molecule has 0 saturated heterocycles. The van der Waals surface area contributed by atoms with Crippen LogP contribution in [0.15, 0.2) is 17.1 Å². The molecule has 0 N–H and O–H groups in total. The van der Waals surface area contributed by atoms with Crippen LogP contribution in [-0.2, 0) is 0 Å². The van der Waals surface area contributed by atoms with Crippen molar-refractivity contribution in [3.8, 4) is 0 Å². The lowest BCUT2D eigenvalue weighted by molar-refractivity contribution is 1.52. The van der Waals surface area contributed by atoms with Gasteiger partial charge in [-0.15, -0.1) is 0 Å². The quantitative estimate of drug-likeness (QED) is 0.420. The van der Waals surface area contributed by atoms with Gasteiger partial charge in [-0.2, -0.15) is 0 Å². The molecule has 0 unspecified atom stereocenters. The summed E-state index contributed by atoms with van der Waals surface area (Å²) in [4.78, 5) is 0. The first-order chi connectivity index (χ1) is 3.81. The van der Waals surface area contributed by atoms with Gasteiger partial charge in [-0.25, -0.2) is 4.40 Å². The molecule has 0 aromatic heterocycles. The van der Waals surface area contributed by atoms with Crippen molar-refractivity contribution in [2.45, 2.75) is 13.8 Å². The molecule has 0 aliphatic heterocycles. The molecule has 0 bridgehead atoms. The van der Waals surface area contributed by atoms with Crippen molar-refractivity contribution in [2.24, 2.45) is 4.40 Å². The van der Waals surface area contributed by atoms with E-state index in [2.05, 4.69) is 17.9 Å². The monoisotopic (exact) mass is 129 g/mol. The van der Waals surface area contributed by atoms with E-state index in [1.54, 1.807) is 18.0 Å². The maximum absolute atomic E-state index is 4.08. The third kappa shape index (κ3) is 3.93. The van der Waals surface area contributed by atoms with E-state index in [4.69, 9.17) is 0 Å². The second kappa shape index (κ2) is 4.91. The van der Waals surface area contributed by atoms with Crippen LogP contribution in [0.5, 0.6) is 0 Å². The zero-order chi connectivity index (χ0) is 6.41. The molecule has 0 atom stereocenters. The maximum atomic E-state index is 4.08. The van der Waals surface area contributed by atoms with E-state index < -0.39 is 0 Å². The molecule has 0 rings (SSSR count). The number of nitrogens with zero attached hydrogens (tertiary/aromatic N) is 1. The van der Waals surface area contributed by atoms with Gasteiger partial charge < -0.3 is 0 Å². The first-order valence-electron chi connectivity index (χ1n) is 2.60. The smallest absolute Gasteiger partial charge is 0.0450 e. The molecule has 46 valence electrons. The normalized spacial score (nSPS) is 11.5. The Morgan fingerprint density at radius 2 is 2.50 bits per heavy atom. The lowest BCUT2D eigenvalue weighted by Gasteiger charge is -1.86. The molecule has 8 heavy (non-hydrogen) atoms. The Hall–Kier alpha value is -0.240. The Labute approximate surface area is 55.0 Å². The minimum absolute atomic E-state index is 0.997. The van der Waals surface area contributed by atoms with Crippen molar-refractivity contribution < 1.29 is 0 Å². The fourth-order valence-corrected chi connectivity index (χ4v) is 0.611. The van der Waals surface area contributed by atoms with Gasteiger partial charge >= 0.3 is 0 Å². The Morgan fingerprint density at radius 1 is 1.88 bits per heavy atom. The van der Waals surface area contributed by atoms with Crippen LogP contribution in [0, 0.1) is 0 Å². The van der Waals surface area contributed by atoms with Gasteiger partial charge in [0, 0.05) is 11.5 Å². The van der Waals surface area contributed by atoms with Gasteiger partial charge in [0.15, 0.2) is 0 Å². The second-order valence-corrected chi connectivity index (χ2v) is 2.37. The standard InChI is InChI=1S/C6H11NS/c1-4-6(3)7-8-5-2/h4H,1,5H2,2-3H3/b7-6-. The van der Waals surface area contributed by atoms with Crippen molar-refractivity contribution in [1.82, 2.24) is 0 Å². The zero-order valence-electron chi connectivity index (χ0n) is 5.35. The number of hydrogen-bond acceptors (Lipinski definition) is 2. The van der Waals surface area contributed by atoms with Crippen LogP contribution in [0.4, 0.5) is 0 Å². The van der Waals surface area contributed by atoms with Gasteiger partial charge in [0.1, 0.15) is 0 Å². The van der Waals surface area contributed by atoms with Gasteiger partial charge in [0.05, 0.1) is 0 Å². The molecule has 0 saturated carbocycles. The van der Waals surface area contributed by atoms with Crippen LogP contribution in [0.1, 0.15) is 13.8 Å². The molecule has 0 aromatic rings. The summed E-state index contributed by atoms with van der Waals surface area (Å²) in [6, 6.07) is 0. The molecule has 1 nitrogen and oxygen atoms in total. The summed E-state index contributed by atoms with van der Waals surface area (Å²) in [6.45, 7) is 7.58. The van der Waals surface area contributed by atoms with Gasteiger partial charge in [0.25, 0.3) is 0 Å². The summed E-state index contributed by atoms with van der Waals surface area (Å²) in [7, 11) is 0. The molecule has 2 heteroatoms. The first-order valence-corrected chi connectivity index (χ1v) is 3.54. The summed E-state index contributed by atoms with van der Waals surface area (Å²) >= 11 is 1.56. The maximum Gasteiger partial charge on any atom is 0.0450 e. The van der Waals surface area contributed by atoms with E-state index in [0.717, 1.165) is 11.5 Å². The summed E-state index contributed by atoms with van der Waals surface area (Å²) in [5.74, 6) is 1.03. The number of hydrogen-bond donors (Lipinski definition) is 0. The molecule has 0 radical (unpaired) electrons. The topological polar surface area (TPSA) is 12.4 Å². The third-order valence-electron chi connectivity index (χ3n) is 0.633.